The molecule has 0 amide bonds. The van der Waals surface area contributed by atoms with Gasteiger partial charge in [-0.25, -0.2) is 0 Å². The molecule has 0 saturated heterocycles. The zero-order chi connectivity index (χ0) is 10.3. The number of benzene rings is 1. The Morgan fingerprint density at radius 2 is 2.00 bits per heavy atom. The molecule has 0 bridgehead atoms. The van der Waals surface area contributed by atoms with Gasteiger partial charge in [0, 0.05) is 5.56 Å². The molecule has 1 aromatic rings. The van der Waals surface area contributed by atoms with Gasteiger partial charge in [-0.1, -0.05) is 32.0 Å². The third-order valence-electron chi connectivity index (χ3n) is 2.81. The Kier molecular flexibility index (Phi) is 2.01. The Morgan fingerprint density at radius 1 is 1.36 bits per heavy atom. The topological polar surface area (TPSA) is 49.7 Å². The molecule has 0 radical (unpaired) electrons. The van der Waals surface area contributed by atoms with Gasteiger partial charge < -0.3 is 14.9 Å². The SMILES string of the molecule is CC(C)[C@]1(O)c2ccccc2O[C@@H]1O. The Morgan fingerprint density at radius 3 is 2.64 bits per heavy atom. The standard InChI is InChI=1S/C11H14O3/c1-7(2)11(13)8-5-3-4-6-9(8)14-10(11)12/h3-7,10,12-13H,1-2H3/t10-,11-/m0/s1. The van der Waals surface area contributed by atoms with E-state index in [4.69, 9.17) is 4.74 Å². The quantitative estimate of drug-likeness (QED) is 0.707. The highest BCUT2D eigenvalue weighted by molar-refractivity contribution is 5.42. The lowest BCUT2D eigenvalue weighted by Gasteiger charge is -2.29. The molecule has 3 heteroatoms. The van der Waals surface area contributed by atoms with Gasteiger partial charge in [-0.05, 0) is 12.0 Å². The van der Waals surface area contributed by atoms with Crippen LogP contribution in [-0.2, 0) is 5.60 Å². The third kappa shape index (κ3) is 1.06. The van der Waals surface area contributed by atoms with Crippen LogP contribution >= 0.6 is 0 Å². The number of aliphatic hydroxyl groups excluding tert-OH is 1. The first-order chi connectivity index (χ1) is 6.56. The number of fused-ring (bicyclic) bond motifs is 1. The molecular weight excluding hydrogens is 180 g/mol. The molecule has 14 heavy (non-hydrogen) atoms. The maximum absolute atomic E-state index is 10.3. The van der Waals surface area contributed by atoms with Crippen molar-refractivity contribution in [2.75, 3.05) is 0 Å². The molecule has 2 N–H and O–H groups in total. The van der Waals surface area contributed by atoms with Crippen molar-refractivity contribution < 1.29 is 14.9 Å². The fourth-order valence-electron chi connectivity index (χ4n) is 1.84. The van der Waals surface area contributed by atoms with Crippen molar-refractivity contribution in [2.45, 2.75) is 25.7 Å². The third-order valence-corrected chi connectivity index (χ3v) is 2.81. The van der Waals surface area contributed by atoms with E-state index in [2.05, 4.69) is 0 Å². The van der Waals surface area contributed by atoms with Gasteiger partial charge in [0.15, 0.2) is 5.60 Å². The molecule has 1 heterocycles. The van der Waals surface area contributed by atoms with Crippen LogP contribution in [0, 0.1) is 5.92 Å². The predicted molar refractivity (Wildman–Crippen MR) is 51.8 cm³/mol. The minimum absolute atomic E-state index is 0.0962. The van der Waals surface area contributed by atoms with E-state index in [1.165, 1.54) is 0 Å². The van der Waals surface area contributed by atoms with Crippen LogP contribution in [0.4, 0.5) is 0 Å². The van der Waals surface area contributed by atoms with Gasteiger partial charge >= 0.3 is 0 Å². The summed E-state index contributed by atoms with van der Waals surface area (Å²) in [5, 5.41) is 20.0. The molecule has 0 aromatic heterocycles. The van der Waals surface area contributed by atoms with Crippen molar-refractivity contribution in [1.82, 2.24) is 0 Å². The molecule has 0 aliphatic carbocycles. The van der Waals surface area contributed by atoms with Gasteiger partial charge in [0.2, 0.25) is 6.29 Å². The summed E-state index contributed by atoms with van der Waals surface area (Å²) >= 11 is 0. The van der Waals surface area contributed by atoms with E-state index in [0.29, 0.717) is 11.3 Å². The number of hydrogen-bond acceptors (Lipinski definition) is 3. The van der Waals surface area contributed by atoms with E-state index in [1.54, 1.807) is 12.1 Å². The average Bonchev–Trinajstić information content (AvgIpc) is 2.41. The summed E-state index contributed by atoms with van der Waals surface area (Å²) in [4.78, 5) is 0. The molecule has 1 aliphatic rings. The van der Waals surface area contributed by atoms with Crippen molar-refractivity contribution in [3.05, 3.63) is 29.8 Å². The van der Waals surface area contributed by atoms with Gasteiger partial charge in [-0.3, -0.25) is 0 Å². The van der Waals surface area contributed by atoms with E-state index in [0.717, 1.165) is 0 Å². The van der Waals surface area contributed by atoms with Crippen molar-refractivity contribution >= 4 is 0 Å². The highest BCUT2D eigenvalue weighted by Crippen LogP contribution is 2.44. The van der Waals surface area contributed by atoms with Crippen molar-refractivity contribution in [3.63, 3.8) is 0 Å². The second-order valence-electron chi connectivity index (χ2n) is 3.95. The number of para-hydroxylation sites is 1. The van der Waals surface area contributed by atoms with E-state index in [1.807, 2.05) is 26.0 Å². The lowest BCUT2D eigenvalue weighted by molar-refractivity contribution is -0.173. The zero-order valence-corrected chi connectivity index (χ0v) is 8.27. The summed E-state index contributed by atoms with van der Waals surface area (Å²) in [5.41, 5.74) is -0.612. The van der Waals surface area contributed by atoms with Gasteiger partial charge in [0.25, 0.3) is 0 Å². The minimum Gasteiger partial charge on any atom is -0.461 e. The van der Waals surface area contributed by atoms with Crippen molar-refractivity contribution in [3.8, 4) is 5.75 Å². The monoisotopic (exact) mass is 194 g/mol. The zero-order valence-electron chi connectivity index (χ0n) is 8.27. The Balaban J connectivity index is 2.54. The molecule has 1 aromatic carbocycles. The Labute approximate surface area is 83.0 Å². The number of rotatable bonds is 1. The molecule has 3 nitrogen and oxygen atoms in total. The van der Waals surface area contributed by atoms with Crippen LogP contribution < -0.4 is 4.74 Å². The second-order valence-corrected chi connectivity index (χ2v) is 3.95. The maximum atomic E-state index is 10.3. The summed E-state index contributed by atoms with van der Waals surface area (Å²) in [6, 6.07) is 7.18. The highest BCUT2D eigenvalue weighted by Gasteiger charge is 2.49. The number of ether oxygens (including phenoxy) is 1. The lowest BCUT2D eigenvalue weighted by atomic mass is 9.84. The van der Waals surface area contributed by atoms with Crippen LogP contribution in [0.25, 0.3) is 0 Å². The fourth-order valence-corrected chi connectivity index (χ4v) is 1.84. The van der Waals surface area contributed by atoms with Gasteiger partial charge in [-0.15, -0.1) is 0 Å². The minimum atomic E-state index is -1.28. The summed E-state index contributed by atoms with van der Waals surface area (Å²) in [5.74, 6) is 0.470. The normalized spacial score (nSPS) is 30.2. The van der Waals surface area contributed by atoms with E-state index < -0.39 is 11.9 Å². The maximum Gasteiger partial charge on any atom is 0.231 e. The van der Waals surface area contributed by atoms with Crippen LogP contribution in [-0.4, -0.2) is 16.5 Å². The number of hydrogen-bond donors (Lipinski definition) is 2. The van der Waals surface area contributed by atoms with Crippen LogP contribution in [0.3, 0.4) is 0 Å². The second kappa shape index (κ2) is 2.97. The van der Waals surface area contributed by atoms with Crippen LogP contribution in [0.1, 0.15) is 19.4 Å². The number of aliphatic hydroxyl groups is 2. The van der Waals surface area contributed by atoms with E-state index in [-0.39, 0.29) is 5.92 Å². The van der Waals surface area contributed by atoms with Gasteiger partial charge in [-0.2, -0.15) is 0 Å². The summed E-state index contributed by atoms with van der Waals surface area (Å²) in [7, 11) is 0. The van der Waals surface area contributed by atoms with Crippen molar-refractivity contribution in [2.24, 2.45) is 5.92 Å². The van der Waals surface area contributed by atoms with Gasteiger partial charge in [0.1, 0.15) is 5.75 Å². The summed E-state index contributed by atoms with van der Waals surface area (Å²) in [6.45, 7) is 3.71. The summed E-state index contributed by atoms with van der Waals surface area (Å²) in [6.07, 6.45) is -1.17. The molecule has 76 valence electrons. The predicted octanol–water partition coefficient (Wildman–Crippen LogP) is 1.24. The first-order valence-corrected chi connectivity index (χ1v) is 4.73. The highest BCUT2D eigenvalue weighted by atomic mass is 16.6. The van der Waals surface area contributed by atoms with Crippen LogP contribution in [0.15, 0.2) is 24.3 Å². The molecule has 0 fully saturated rings. The van der Waals surface area contributed by atoms with Gasteiger partial charge in [0.05, 0.1) is 0 Å². The van der Waals surface area contributed by atoms with Crippen molar-refractivity contribution in [1.29, 1.82) is 0 Å². The fraction of sp³-hybridized carbons (Fsp3) is 0.455. The van der Waals surface area contributed by atoms with E-state index in [9.17, 15) is 10.2 Å². The first-order valence-electron chi connectivity index (χ1n) is 4.73. The molecule has 2 atom stereocenters. The molecule has 1 aliphatic heterocycles. The van der Waals surface area contributed by atoms with Crippen LogP contribution in [0.2, 0.25) is 0 Å². The largest absolute Gasteiger partial charge is 0.461 e. The molecule has 0 saturated carbocycles. The molecule has 0 spiro atoms. The molecule has 2 rings (SSSR count). The Bertz CT molecular complexity index is 348. The van der Waals surface area contributed by atoms with Crippen LogP contribution in [0.5, 0.6) is 5.75 Å². The average molecular weight is 194 g/mol. The van der Waals surface area contributed by atoms with E-state index >= 15 is 0 Å². The summed E-state index contributed by atoms with van der Waals surface area (Å²) < 4.78 is 5.19. The smallest absolute Gasteiger partial charge is 0.231 e. The molecular formula is C11H14O3. The Hall–Kier alpha value is -1.06. The lowest BCUT2D eigenvalue weighted by Crippen LogP contribution is -2.42. The molecule has 0 unspecified atom stereocenters. The first kappa shape index (κ1) is 9.49.